The second kappa shape index (κ2) is 9.26. The predicted octanol–water partition coefficient (Wildman–Crippen LogP) is 3.72. The highest BCUT2D eigenvalue weighted by atomic mass is 32.2. The van der Waals surface area contributed by atoms with Crippen LogP contribution in [0.3, 0.4) is 0 Å². The lowest BCUT2D eigenvalue weighted by atomic mass is 10.2. The Bertz CT molecular complexity index is 1200. The van der Waals surface area contributed by atoms with Gasteiger partial charge in [-0.15, -0.1) is 0 Å². The quantitative estimate of drug-likeness (QED) is 0.405. The topological polar surface area (TPSA) is 128 Å². The molecule has 0 aliphatic carbocycles. The van der Waals surface area contributed by atoms with Gasteiger partial charge in [0.25, 0.3) is 21.6 Å². The van der Waals surface area contributed by atoms with E-state index >= 15 is 0 Å². The minimum absolute atomic E-state index is 0.0420. The van der Waals surface area contributed by atoms with Crippen LogP contribution in [-0.4, -0.2) is 25.9 Å². The van der Waals surface area contributed by atoms with Gasteiger partial charge >= 0.3 is 0 Å². The Labute approximate surface area is 178 Å². The Balaban J connectivity index is 1.60. The smallest absolute Gasteiger partial charge is 0.271 e. The lowest BCUT2D eigenvalue weighted by Gasteiger charge is -2.11. The third kappa shape index (κ3) is 5.80. The summed E-state index contributed by atoms with van der Waals surface area (Å²) in [6.07, 6.45) is 0. The SMILES string of the molecule is Cc1ccc([N+](=O)[O-])cc1NC(=O)COc1ccc(S(=O)(=O)Nc2ccccc2)cc1. The number of sulfonamides is 1. The minimum Gasteiger partial charge on any atom is -0.484 e. The molecule has 0 aliphatic rings. The van der Waals surface area contributed by atoms with Gasteiger partial charge in [-0.3, -0.25) is 19.6 Å². The summed E-state index contributed by atoms with van der Waals surface area (Å²) in [7, 11) is -3.76. The van der Waals surface area contributed by atoms with E-state index in [1.165, 1.54) is 42.5 Å². The van der Waals surface area contributed by atoms with Crippen molar-refractivity contribution in [2.75, 3.05) is 16.6 Å². The van der Waals surface area contributed by atoms with Crippen molar-refractivity contribution in [2.24, 2.45) is 0 Å². The van der Waals surface area contributed by atoms with Crippen LogP contribution in [0.4, 0.5) is 17.1 Å². The molecule has 0 fully saturated rings. The monoisotopic (exact) mass is 441 g/mol. The van der Waals surface area contributed by atoms with Crippen molar-refractivity contribution in [1.29, 1.82) is 0 Å². The van der Waals surface area contributed by atoms with Crippen molar-refractivity contribution >= 4 is 33.0 Å². The first-order valence-electron chi connectivity index (χ1n) is 9.10. The van der Waals surface area contributed by atoms with E-state index in [0.717, 1.165) is 0 Å². The highest BCUT2D eigenvalue weighted by molar-refractivity contribution is 7.92. The first kappa shape index (κ1) is 21.8. The van der Waals surface area contributed by atoms with Gasteiger partial charge in [0.1, 0.15) is 5.75 Å². The number of hydrogen-bond acceptors (Lipinski definition) is 6. The molecule has 0 bridgehead atoms. The molecule has 0 aromatic heterocycles. The van der Waals surface area contributed by atoms with Gasteiger partial charge in [0.15, 0.2) is 6.61 Å². The van der Waals surface area contributed by atoms with E-state index in [4.69, 9.17) is 4.74 Å². The molecule has 3 aromatic carbocycles. The summed E-state index contributed by atoms with van der Waals surface area (Å²) in [5.74, 6) is -0.212. The number of anilines is 2. The highest BCUT2D eigenvalue weighted by Gasteiger charge is 2.15. The van der Waals surface area contributed by atoms with E-state index in [1.807, 2.05) is 0 Å². The third-order valence-corrected chi connectivity index (χ3v) is 5.63. The number of nitrogens with zero attached hydrogens (tertiary/aromatic N) is 1. The van der Waals surface area contributed by atoms with Gasteiger partial charge in [0.2, 0.25) is 0 Å². The number of aryl methyl sites for hydroxylation is 1. The van der Waals surface area contributed by atoms with Crippen LogP contribution in [0.25, 0.3) is 0 Å². The largest absolute Gasteiger partial charge is 0.484 e. The van der Waals surface area contributed by atoms with Gasteiger partial charge < -0.3 is 10.1 Å². The molecule has 0 unspecified atom stereocenters. The number of nitro benzene ring substituents is 1. The molecule has 9 nitrogen and oxygen atoms in total. The number of nitro groups is 1. The number of rotatable bonds is 8. The number of benzene rings is 3. The number of nitrogens with one attached hydrogen (secondary N) is 2. The van der Waals surface area contributed by atoms with Crippen molar-refractivity contribution in [3.8, 4) is 5.75 Å². The molecular weight excluding hydrogens is 422 g/mol. The Kier molecular flexibility index (Phi) is 6.51. The summed E-state index contributed by atoms with van der Waals surface area (Å²) in [4.78, 5) is 22.5. The maximum absolute atomic E-state index is 12.4. The standard InChI is InChI=1S/C21H19N3O6S/c1-15-7-8-17(24(26)27)13-20(15)22-21(25)14-30-18-9-11-19(12-10-18)31(28,29)23-16-5-3-2-4-6-16/h2-13,23H,14H2,1H3,(H,22,25). The summed E-state index contributed by atoms with van der Waals surface area (Å²) in [5.41, 5.74) is 1.29. The fourth-order valence-corrected chi connectivity index (χ4v) is 3.69. The van der Waals surface area contributed by atoms with Crippen molar-refractivity contribution in [3.05, 3.63) is 88.5 Å². The minimum atomic E-state index is -3.76. The van der Waals surface area contributed by atoms with E-state index < -0.39 is 20.9 Å². The van der Waals surface area contributed by atoms with Crippen LogP contribution in [0.1, 0.15) is 5.56 Å². The number of carbonyl (C=O) groups is 1. The van der Waals surface area contributed by atoms with Crippen LogP contribution in [0, 0.1) is 17.0 Å². The summed E-state index contributed by atoms with van der Waals surface area (Å²) >= 11 is 0. The Morgan fingerprint density at radius 3 is 2.35 bits per heavy atom. The third-order valence-electron chi connectivity index (χ3n) is 4.24. The maximum Gasteiger partial charge on any atom is 0.271 e. The second-order valence-corrected chi connectivity index (χ2v) is 8.22. The molecule has 3 rings (SSSR count). The lowest BCUT2D eigenvalue weighted by Crippen LogP contribution is -2.20. The number of ether oxygens (including phenoxy) is 1. The normalized spacial score (nSPS) is 10.9. The van der Waals surface area contributed by atoms with Crippen LogP contribution < -0.4 is 14.8 Å². The van der Waals surface area contributed by atoms with Gasteiger partial charge in [0.05, 0.1) is 15.5 Å². The van der Waals surface area contributed by atoms with Gasteiger partial charge in [-0.05, 0) is 48.9 Å². The first-order valence-corrected chi connectivity index (χ1v) is 10.6. The van der Waals surface area contributed by atoms with Crippen LogP contribution in [0.2, 0.25) is 0 Å². The molecular formula is C21H19N3O6S. The molecule has 0 saturated carbocycles. The molecule has 10 heteroatoms. The molecule has 0 radical (unpaired) electrons. The number of para-hydroxylation sites is 1. The van der Waals surface area contributed by atoms with E-state index in [1.54, 1.807) is 37.3 Å². The number of carbonyl (C=O) groups excluding carboxylic acids is 1. The van der Waals surface area contributed by atoms with Crippen molar-refractivity contribution in [2.45, 2.75) is 11.8 Å². The Morgan fingerprint density at radius 1 is 1.03 bits per heavy atom. The van der Waals surface area contributed by atoms with E-state index in [2.05, 4.69) is 10.0 Å². The van der Waals surface area contributed by atoms with Crippen molar-refractivity contribution in [1.82, 2.24) is 0 Å². The molecule has 0 saturated heterocycles. The fourth-order valence-electron chi connectivity index (χ4n) is 2.63. The molecule has 31 heavy (non-hydrogen) atoms. The average Bonchev–Trinajstić information content (AvgIpc) is 2.74. The molecule has 0 atom stereocenters. The lowest BCUT2D eigenvalue weighted by molar-refractivity contribution is -0.384. The summed E-state index contributed by atoms with van der Waals surface area (Å²) in [6.45, 7) is 1.36. The molecule has 2 N–H and O–H groups in total. The Hall–Kier alpha value is -3.92. The summed E-state index contributed by atoms with van der Waals surface area (Å²) < 4.78 is 32.7. The van der Waals surface area contributed by atoms with E-state index in [9.17, 15) is 23.3 Å². The zero-order valence-corrected chi connectivity index (χ0v) is 17.3. The molecule has 1 amide bonds. The average molecular weight is 441 g/mol. The second-order valence-electron chi connectivity index (χ2n) is 6.54. The van der Waals surface area contributed by atoms with Crippen LogP contribution in [0.15, 0.2) is 77.7 Å². The van der Waals surface area contributed by atoms with Gasteiger partial charge in [-0.25, -0.2) is 8.42 Å². The van der Waals surface area contributed by atoms with Gasteiger partial charge in [-0.2, -0.15) is 0 Å². The van der Waals surface area contributed by atoms with E-state index in [0.29, 0.717) is 22.7 Å². The number of hydrogen-bond donors (Lipinski definition) is 2. The van der Waals surface area contributed by atoms with Gasteiger partial charge in [-0.1, -0.05) is 24.3 Å². The molecule has 0 spiro atoms. The van der Waals surface area contributed by atoms with Crippen molar-refractivity contribution < 1.29 is 22.9 Å². The van der Waals surface area contributed by atoms with Crippen LogP contribution >= 0.6 is 0 Å². The predicted molar refractivity (Wildman–Crippen MR) is 116 cm³/mol. The molecule has 0 heterocycles. The molecule has 0 aliphatic heterocycles. The fraction of sp³-hybridized carbons (Fsp3) is 0.0952. The van der Waals surface area contributed by atoms with Crippen molar-refractivity contribution in [3.63, 3.8) is 0 Å². The first-order chi connectivity index (χ1) is 14.7. The highest BCUT2D eigenvalue weighted by Crippen LogP contribution is 2.22. The van der Waals surface area contributed by atoms with Gasteiger partial charge in [0, 0.05) is 17.8 Å². The zero-order chi connectivity index (χ0) is 22.4. The molecule has 3 aromatic rings. The van der Waals surface area contributed by atoms with Crippen LogP contribution in [0.5, 0.6) is 5.75 Å². The van der Waals surface area contributed by atoms with E-state index in [-0.39, 0.29) is 17.2 Å². The number of amides is 1. The summed E-state index contributed by atoms with van der Waals surface area (Å²) in [6, 6.07) is 18.2. The number of non-ortho nitro benzene ring substituents is 1. The molecule has 160 valence electrons. The summed E-state index contributed by atoms with van der Waals surface area (Å²) in [5, 5.41) is 13.4. The maximum atomic E-state index is 12.4. The van der Waals surface area contributed by atoms with Crippen LogP contribution in [-0.2, 0) is 14.8 Å². The zero-order valence-electron chi connectivity index (χ0n) is 16.4. The Morgan fingerprint density at radius 2 is 1.71 bits per heavy atom.